The van der Waals surface area contributed by atoms with Crippen molar-refractivity contribution in [3.05, 3.63) is 0 Å². The highest BCUT2D eigenvalue weighted by Gasteiger charge is 2.36. The maximum atomic E-state index is 11.6. The molecule has 2 unspecified atom stereocenters. The monoisotopic (exact) mass is 276 g/mol. The average molecular weight is 276 g/mol. The third kappa shape index (κ3) is 6.76. The van der Waals surface area contributed by atoms with E-state index in [9.17, 15) is 19.5 Å². The van der Waals surface area contributed by atoms with Crippen LogP contribution in [-0.2, 0) is 23.9 Å². The summed E-state index contributed by atoms with van der Waals surface area (Å²) < 4.78 is 9.44. The topological polar surface area (TPSA) is 110 Å². The van der Waals surface area contributed by atoms with E-state index >= 15 is 0 Å². The molecular weight excluding hydrogens is 256 g/mol. The Balaban J connectivity index is 4.67. The van der Waals surface area contributed by atoms with E-state index in [1.807, 2.05) is 0 Å². The van der Waals surface area contributed by atoms with Gasteiger partial charge in [-0.15, -0.1) is 0 Å². The summed E-state index contributed by atoms with van der Waals surface area (Å²) in [6.45, 7) is 3.74. The summed E-state index contributed by atoms with van der Waals surface area (Å²) in [7, 11) is 0. The molecule has 0 radical (unpaired) electrons. The van der Waals surface area contributed by atoms with Gasteiger partial charge in [-0.1, -0.05) is 13.8 Å². The molecule has 0 saturated heterocycles. The van der Waals surface area contributed by atoms with Gasteiger partial charge in [-0.05, 0) is 12.8 Å². The molecule has 0 aliphatic rings. The van der Waals surface area contributed by atoms with Gasteiger partial charge in [0, 0.05) is 0 Å². The molecule has 0 aliphatic carbocycles. The van der Waals surface area contributed by atoms with Crippen molar-refractivity contribution in [2.24, 2.45) is 5.92 Å². The minimum absolute atomic E-state index is 0.0969. The molecule has 110 valence electrons. The van der Waals surface area contributed by atoms with Gasteiger partial charge in [0.1, 0.15) is 5.92 Å². The maximum Gasteiger partial charge on any atom is 0.335 e. The predicted molar refractivity (Wildman–Crippen MR) is 64.2 cm³/mol. The Bertz CT molecular complexity index is 313. The van der Waals surface area contributed by atoms with Crippen molar-refractivity contribution < 1.29 is 34.1 Å². The highest BCUT2D eigenvalue weighted by Crippen LogP contribution is 2.14. The standard InChI is InChI=1S/C12H20O7/c1-3-5-18-11(16)8(7-9(13)14)10(15)12(17)19-6-4-2/h8,10,15H,3-7H2,1-2H3,(H,13,14). The summed E-state index contributed by atoms with van der Waals surface area (Å²) in [5, 5.41) is 18.4. The van der Waals surface area contributed by atoms with Crippen molar-refractivity contribution in [1.82, 2.24) is 0 Å². The molecule has 0 heterocycles. The number of aliphatic hydroxyl groups excluding tert-OH is 1. The second-order valence-electron chi connectivity index (χ2n) is 3.98. The second kappa shape index (κ2) is 9.32. The first kappa shape index (κ1) is 17.4. The summed E-state index contributed by atoms with van der Waals surface area (Å²) in [5.74, 6) is -4.68. The number of carboxylic acids is 1. The van der Waals surface area contributed by atoms with Crippen LogP contribution in [-0.4, -0.2) is 47.4 Å². The van der Waals surface area contributed by atoms with Crippen molar-refractivity contribution in [1.29, 1.82) is 0 Å². The zero-order valence-corrected chi connectivity index (χ0v) is 11.1. The number of carboxylic acid groups (broad SMARTS) is 1. The largest absolute Gasteiger partial charge is 0.481 e. The van der Waals surface area contributed by atoms with Gasteiger partial charge in [0.15, 0.2) is 6.10 Å². The van der Waals surface area contributed by atoms with Gasteiger partial charge in [-0.2, -0.15) is 0 Å². The third-order valence-electron chi connectivity index (χ3n) is 2.22. The van der Waals surface area contributed by atoms with Gasteiger partial charge >= 0.3 is 17.9 Å². The summed E-state index contributed by atoms with van der Waals surface area (Å²) in [6, 6.07) is 0. The van der Waals surface area contributed by atoms with Gasteiger partial charge in [0.05, 0.1) is 19.6 Å². The third-order valence-corrected chi connectivity index (χ3v) is 2.22. The molecule has 0 aromatic carbocycles. The summed E-state index contributed by atoms with van der Waals surface area (Å²) in [6.07, 6.45) is -1.40. The van der Waals surface area contributed by atoms with Crippen LogP contribution in [0.15, 0.2) is 0 Å². The van der Waals surface area contributed by atoms with Gasteiger partial charge in [0.25, 0.3) is 0 Å². The molecule has 0 amide bonds. The lowest BCUT2D eigenvalue weighted by molar-refractivity contribution is -0.169. The van der Waals surface area contributed by atoms with E-state index in [-0.39, 0.29) is 13.2 Å². The van der Waals surface area contributed by atoms with E-state index in [4.69, 9.17) is 9.84 Å². The second-order valence-corrected chi connectivity index (χ2v) is 3.98. The van der Waals surface area contributed by atoms with Crippen LogP contribution in [0.1, 0.15) is 33.1 Å². The Morgan fingerprint density at radius 2 is 1.47 bits per heavy atom. The van der Waals surface area contributed by atoms with Crippen molar-refractivity contribution in [2.75, 3.05) is 13.2 Å². The Hall–Kier alpha value is -1.63. The first-order valence-electron chi connectivity index (χ1n) is 6.17. The fourth-order valence-electron chi connectivity index (χ4n) is 1.27. The Kier molecular flexibility index (Phi) is 8.52. The molecule has 2 N–H and O–H groups in total. The minimum atomic E-state index is -1.83. The SMILES string of the molecule is CCCOC(=O)C(O)C(CC(=O)O)C(=O)OCCC. The molecule has 0 fully saturated rings. The van der Waals surface area contributed by atoms with Gasteiger partial charge in [-0.25, -0.2) is 4.79 Å². The molecule has 0 aliphatic heterocycles. The van der Waals surface area contributed by atoms with Crippen LogP contribution in [0, 0.1) is 5.92 Å². The zero-order valence-electron chi connectivity index (χ0n) is 11.1. The van der Waals surface area contributed by atoms with E-state index in [0.29, 0.717) is 12.8 Å². The number of esters is 2. The molecule has 0 bridgehead atoms. The Labute approximate surface area is 111 Å². The summed E-state index contributed by atoms with van der Waals surface area (Å²) in [5.41, 5.74) is 0. The van der Waals surface area contributed by atoms with Crippen LogP contribution in [0.2, 0.25) is 0 Å². The van der Waals surface area contributed by atoms with Crippen LogP contribution in [0.3, 0.4) is 0 Å². The molecule has 7 heteroatoms. The van der Waals surface area contributed by atoms with E-state index in [1.54, 1.807) is 13.8 Å². The Morgan fingerprint density at radius 3 is 1.89 bits per heavy atom. The number of carbonyl (C=O) groups excluding carboxylic acids is 2. The minimum Gasteiger partial charge on any atom is -0.481 e. The first-order valence-corrected chi connectivity index (χ1v) is 6.17. The maximum absolute atomic E-state index is 11.6. The number of carbonyl (C=O) groups is 3. The van der Waals surface area contributed by atoms with Crippen molar-refractivity contribution in [3.8, 4) is 0 Å². The van der Waals surface area contributed by atoms with Crippen LogP contribution in [0.4, 0.5) is 0 Å². The number of aliphatic carboxylic acids is 1. The Morgan fingerprint density at radius 1 is 1.00 bits per heavy atom. The molecule has 0 aromatic heterocycles. The molecule has 0 rings (SSSR count). The lowest BCUT2D eigenvalue weighted by atomic mass is 9.98. The fourth-order valence-corrected chi connectivity index (χ4v) is 1.27. The summed E-state index contributed by atoms with van der Waals surface area (Å²) >= 11 is 0. The lowest BCUT2D eigenvalue weighted by Crippen LogP contribution is -2.38. The van der Waals surface area contributed by atoms with Crippen LogP contribution in [0.5, 0.6) is 0 Å². The van der Waals surface area contributed by atoms with E-state index < -0.39 is 36.4 Å². The molecule has 2 atom stereocenters. The average Bonchev–Trinajstić information content (AvgIpc) is 2.38. The molecular formula is C12H20O7. The van der Waals surface area contributed by atoms with Gasteiger partial charge < -0.3 is 19.7 Å². The fraction of sp³-hybridized carbons (Fsp3) is 0.750. The van der Waals surface area contributed by atoms with Crippen molar-refractivity contribution in [3.63, 3.8) is 0 Å². The molecule has 0 saturated carbocycles. The van der Waals surface area contributed by atoms with E-state index in [2.05, 4.69) is 4.74 Å². The smallest absolute Gasteiger partial charge is 0.335 e. The molecule has 19 heavy (non-hydrogen) atoms. The quantitative estimate of drug-likeness (QED) is 0.584. The van der Waals surface area contributed by atoms with Crippen LogP contribution >= 0.6 is 0 Å². The van der Waals surface area contributed by atoms with Gasteiger partial charge in [-0.3, -0.25) is 9.59 Å². The van der Waals surface area contributed by atoms with Crippen molar-refractivity contribution >= 4 is 17.9 Å². The number of rotatable bonds is 9. The van der Waals surface area contributed by atoms with Crippen LogP contribution < -0.4 is 0 Å². The lowest BCUT2D eigenvalue weighted by Gasteiger charge is -2.18. The van der Waals surface area contributed by atoms with Crippen molar-refractivity contribution in [2.45, 2.75) is 39.2 Å². The molecule has 0 spiro atoms. The van der Waals surface area contributed by atoms with Crippen LogP contribution in [0.25, 0.3) is 0 Å². The summed E-state index contributed by atoms with van der Waals surface area (Å²) in [4.78, 5) is 33.7. The number of aliphatic hydroxyl groups is 1. The highest BCUT2D eigenvalue weighted by molar-refractivity contribution is 5.86. The molecule has 0 aromatic rings. The van der Waals surface area contributed by atoms with Gasteiger partial charge in [0.2, 0.25) is 0 Å². The predicted octanol–water partition coefficient (Wildman–Crippen LogP) is 0.345. The zero-order chi connectivity index (χ0) is 14.8. The van der Waals surface area contributed by atoms with E-state index in [0.717, 1.165) is 0 Å². The highest BCUT2D eigenvalue weighted by atomic mass is 16.6. The van der Waals surface area contributed by atoms with E-state index in [1.165, 1.54) is 0 Å². The number of ether oxygens (including phenoxy) is 2. The first-order chi connectivity index (χ1) is 8.93. The number of hydrogen-bond donors (Lipinski definition) is 2. The molecule has 7 nitrogen and oxygen atoms in total. The normalized spacial score (nSPS) is 13.4. The number of hydrogen-bond acceptors (Lipinski definition) is 6.